The number of rotatable bonds is 7. The molecule has 0 fully saturated rings. The Kier molecular flexibility index (Phi) is 5.71. The number of nitrogens with one attached hydrogen (secondary N) is 1. The van der Waals surface area contributed by atoms with Crippen LogP contribution in [0.25, 0.3) is 0 Å². The van der Waals surface area contributed by atoms with Crippen LogP contribution in [0.1, 0.15) is 31.0 Å². The van der Waals surface area contributed by atoms with Crippen LogP contribution in [0, 0.1) is 0 Å². The molecule has 1 aromatic carbocycles. The van der Waals surface area contributed by atoms with Gasteiger partial charge in [0, 0.05) is 25.8 Å². The number of aromatic nitrogens is 1. The van der Waals surface area contributed by atoms with Gasteiger partial charge in [-0.05, 0) is 31.0 Å². The zero-order chi connectivity index (χ0) is 16.8. The molecule has 1 atom stereocenters. The Balaban J connectivity index is 2.03. The van der Waals surface area contributed by atoms with Crippen LogP contribution in [0.4, 0.5) is 5.82 Å². The molecule has 5 heteroatoms. The summed E-state index contributed by atoms with van der Waals surface area (Å²) in [5.74, 6) is 0.0157. The van der Waals surface area contributed by atoms with Crippen molar-refractivity contribution in [2.75, 3.05) is 11.9 Å². The van der Waals surface area contributed by atoms with E-state index < -0.39 is 12.0 Å². The Labute approximate surface area is 137 Å². The van der Waals surface area contributed by atoms with E-state index in [0.29, 0.717) is 12.6 Å². The largest absolute Gasteiger partial charge is 0.480 e. The third kappa shape index (κ3) is 4.53. The highest BCUT2D eigenvalue weighted by atomic mass is 16.4. The van der Waals surface area contributed by atoms with Crippen molar-refractivity contribution in [1.29, 1.82) is 0 Å². The van der Waals surface area contributed by atoms with Gasteiger partial charge in [-0.2, -0.15) is 0 Å². The van der Waals surface area contributed by atoms with Crippen LogP contribution < -0.4 is 10.2 Å². The third-order valence-electron chi connectivity index (χ3n) is 3.84. The van der Waals surface area contributed by atoms with Gasteiger partial charge in [0.1, 0.15) is 11.9 Å². The fourth-order valence-corrected chi connectivity index (χ4v) is 2.21. The Morgan fingerprint density at radius 2 is 1.91 bits per heavy atom. The van der Waals surface area contributed by atoms with Crippen molar-refractivity contribution in [2.45, 2.75) is 32.5 Å². The van der Waals surface area contributed by atoms with Gasteiger partial charge < -0.3 is 10.0 Å². The van der Waals surface area contributed by atoms with Crippen LogP contribution >= 0.6 is 0 Å². The van der Waals surface area contributed by atoms with Gasteiger partial charge in [0.2, 0.25) is 0 Å². The fraction of sp³-hybridized carbons (Fsp3) is 0.333. The summed E-state index contributed by atoms with van der Waals surface area (Å²) >= 11 is 0. The van der Waals surface area contributed by atoms with Crippen LogP contribution in [0.3, 0.4) is 0 Å². The summed E-state index contributed by atoms with van der Waals surface area (Å²) in [6, 6.07) is 12.7. The zero-order valence-corrected chi connectivity index (χ0v) is 13.7. The van der Waals surface area contributed by atoms with E-state index in [0.717, 1.165) is 16.9 Å². The van der Waals surface area contributed by atoms with E-state index in [9.17, 15) is 9.90 Å². The van der Waals surface area contributed by atoms with Crippen LogP contribution in [0.15, 0.2) is 48.7 Å². The topological polar surface area (TPSA) is 65.5 Å². The summed E-state index contributed by atoms with van der Waals surface area (Å²) in [7, 11) is 2.00. The molecule has 0 saturated carbocycles. The second-order valence-corrected chi connectivity index (χ2v) is 5.79. The van der Waals surface area contributed by atoms with Crippen molar-refractivity contribution < 1.29 is 9.90 Å². The number of aliphatic carboxylic acids is 1. The molecule has 1 aromatic heterocycles. The van der Waals surface area contributed by atoms with Crippen molar-refractivity contribution in [3.63, 3.8) is 0 Å². The molecule has 0 saturated heterocycles. The summed E-state index contributed by atoms with van der Waals surface area (Å²) < 4.78 is 0. The number of nitrogens with zero attached hydrogens (tertiary/aromatic N) is 2. The first-order valence-corrected chi connectivity index (χ1v) is 7.68. The van der Waals surface area contributed by atoms with Gasteiger partial charge in [0.25, 0.3) is 0 Å². The molecule has 1 heterocycles. The quantitative estimate of drug-likeness (QED) is 0.823. The average molecular weight is 313 g/mol. The second kappa shape index (κ2) is 7.74. The van der Waals surface area contributed by atoms with Gasteiger partial charge in [-0.25, -0.2) is 4.98 Å². The molecule has 2 aromatic rings. The predicted molar refractivity (Wildman–Crippen MR) is 91.4 cm³/mol. The summed E-state index contributed by atoms with van der Waals surface area (Å²) in [5, 5.41) is 12.5. The maximum atomic E-state index is 11.5. The molecule has 0 unspecified atom stereocenters. The van der Waals surface area contributed by atoms with E-state index in [-0.39, 0.29) is 0 Å². The first-order valence-electron chi connectivity index (χ1n) is 7.68. The number of anilines is 1. The SMILES string of the molecule is CC(C)N(C)c1ccc(CN[C@@H](C(=O)O)c2ccccc2)cn1. The number of pyridine rings is 1. The van der Waals surface area contributed by atoms with Gasteiger partial charge in [-0.1, -0.05) is 36.4 Å². The summed E-state index contributed by atoms with van der Waals surface area (Å²) in [6.45, 7) is 4.66. The van der Waals surface area contributed by atoms with E-state index in [1.54, 1.807) is 6.20 Å². The zero-order valence-electron chi connectivity index (χ0n) is 13.7. The summed E-state index contributed by atoms with van der Waals surface area (Å²) in [6.07, 6.45) is 1.78. The Bertz CT molecular complexity index is 626. The molecule has 0 radical (unpaired) electrons. The first-order chi connectivity index (χ1) is 11.0. The van der Waals surface area contributed by atoms with E-state index in [2.05, 4.69) is 29.0 Å². The number of hydrogen-bond acceptors (Lipinski definition) is 4. The molecule has 122 valence electrons. The van der Waals surface area contributed by atoms with E-state index in [1.165, 1.54) is 0 Å². The Morgan fingerprint density at radius 3 is 2.43 bits per heavy atom. The molecule has 0 bridgehead atoms. The van der Waals surface area contributed by atoms with Gasteiger partial charge in [-0.3, -0.25) is 10.1 Å². The van der Waals surface area contributed by atoms with Gasteiger partial charge in [0.15, 0.2) is 0 Å². The third-order valence-corrected chi connectivity index (χ3v) is 3.84. The molecular weight excluding hydrogens is 290 g/mol. The van der Waals surface area contributed by atoms with Crippen LogP contribution in [-0.4, -0.2) is 29.1 Å². The first kappa shape index (κ1) is 17.0. The van der Waals surface area contributed by atoms with Gasteiger partial charge in [0.05, 0.1) is 0 Å². The molecule has 0 spiro atoms. The lowest BCUT2D eigenvalue weighted by Gasteiger charge is -2.22. The number of benzene rings is 1. The van der Waals surface area contributed by atoms with Crippen molar-refractivity contribution in [1.82, 2.24) is 10.3 Å². The average Bonchev–Trinajstić information content (AvgIpc) is 2.55. The van der Waals surface area contributed by atoms with Crippen molar-refractivity contribution in [2.24, 2.45) is 0 Å². The highest BCUT2D eigenvalue weighted by Gasteiger charge is 2.18. The fourth-order valence-electron chi connectivity index (χ4n) is 2.21. The summed E-state index contributed by atoms with van der Waals surface area (Å²) in [4.78, 5) is 18.0. The monoisotopic (exact) mass is 313 g/mol. The molecule has 0 amide bonds. The number of hydrogen-bond donors (Lipinski definition) is 2. The lowest BCUT2D eigenvalue weighted by Crippen LogP contribution is -2.28. The van der Waals surface area contributed by atoms with Gasteiger partial charge >= 0.3 is 5.97 Å². The van der Waals surface area contributed by atoms with Crippen molar-refractivity contribution >= 4 is 11.8 Å². The molecule has 2 rings (SSSR count). The molecule has 0 aliphatic carbocycles. The predicted octanol–water partition coefficient (Wildman–Crippen LogP) is 2.84. The van der Waals surface area contributed by atoms with E-state index in [1.807, 2.05) is 49.5 Å². The second-order valence-electron chi connectivity index (χ2n) is 5.79. The smallest absolute Gasteiger partial charge is 0.325 e. The Morgan fingerprint density at radius 1 is 1.22 bits per heavy atom. The molecule has 5 nitrogen and oxygen atoms in total. The normalized spacial score (nSPS) is 12.2. The van der Waals surface area contributed by atoms with Gasteiger partial charge in [-0.15, -0.1) is 0 Å². The lowest BCUT2D eigenvalue weighted by molar-refractivity contribution is -0.139. The highest BCUT2D eigenvalue weighted by molar-refractivity contribution is 5.75. The standard InChI is InChI=1S/C18H23N3O2/c1-13(2)21(3)16-10-9-14(11-19-16)12-20-17(18(22)23)15-7-5-4-6-8-15/h4-11,13,17,20H,12H2,1-3H3,(H,22,23)/t17-/m1/s1. The molecular formula is C18H23N3O2. The van der Waals surface area contributed by atoms with Crippen LogP contribution in [0.5, 0.6) is 0 Å². The number of carboxylic acid groups (broad SMARTS) is 1. The maximum Gasteiger partial charge on any atom is 0.325 e. The minimum absolute atomic E-state index is 0.376. The van der Waals surface area contributed by atoms with Crippen molar-refractivity contribution in [3.05, 3.63) is 59.8 Å². The molecule has 2 N–H and O–H groups in total. The Hall–Kier alpha value is -2.40. The van der Waals surface area contributed by atoms with Crippen LogP contribution in [-0.2, 0) is 11.3 Å². The number of carbonyl (C=O) groups is 1. The minimum Gasteiger partial charge on any atom is -0.480 e. The van der Waals surface area contributed by atoms with Crippen LogP contribution in [0.2, 0.25) is 0 Å². The number of carboxylic acids is 1. The molecule has 0 aliphatic rings. The minimum atomic E-state index is -0.889. The maximum absolute atomic E-state index is 11.5. The molecule has 23 heavy (non-hydrogen) atoms. The lowest BCUT2D eigenvalue weighted by atomic mass is 10.1. The van der Waals surface area contributed by atoms with E-state index in [4.69, 9.17) is 0 Å². The highest BCUT2D eigenvalue weighted by Crippen LogP contribution is 2.15. The molecule has 0 aliphatic heterocycles. The summed E-state index contributed by atoms with van der Waals surface area (Å²) in [5.41, 5.74) is 1.69. The van der Waals surface area contributed by atoms with Crippen molar-refractivity contribution in [3.8, 4) is 0 Å². The van der Waals surface area contributed by atoms with E-state index >= 15 is 0 Å².